The lowest BCUT2D eigenvalue weighted by molar-refractivity contribution is -0.119. The molecule has 0 bridgehead atoms. The molecule has 3 heteroatoms. The Morgan fingerprint density at radius 1 is 1.05 bits per heavy atom. The summed E-state index contributed by atoms with van der Waals surface area (Å²) in [4.78, 5) is 11.1. The van der Waals surface area contributed by atoms with Gasteiger partial charge in [0.25, 0.3) is 0 Å². The van der Waals surface area contributed by atoms with Gasteiger partial charge in [0, 0.05) is 6.92 Å². The lowest BCUT2D eigenvalue weighted by Gasteiger charge is -2.13. The second kappa shape index (κ2) is 7.04. The molecular formula is C18H22N2O. The van der Waals surface area contributed by atoms with E-state index >= 15 is 0 Å². The van der Waals surface area contributed by atoms with Crippen molar-refractivity contribution in [1.29, 1.82) is 0 Å². The van der Waals surface area contributed by atoms with Crippen LogP contribution in [-0.2, 0) is 11.2 Å². The van der Waals surface area contributed by atoms with Crippen molar-refractivity contribution in [2.24, 2.45) is 5.73 Å². The molecule has 21 heavy (non-hydrogen) atoms. The van der Waals surface area contributed by atoms with Crippen LogP contribution in [0.3, 0.4) is 0 Å². The molecule has 0 spiro atoms. The van der Waals surface area contributed by atoms with E-state index in [4.69, 9.17) is 5.73 Å². The van der Waals surface area contributed by atoms with Gasteiger partial charge in [0.15, 0.2) is 0 Å². The predicted octanol–water partition coefficient (Wildman–Crippen LogP) is 3.05. The van der Waals surface area contributed by atoms with E-state index in [1.807, 2.05) is 6.92 Å². The molecule has 0 aliphatic rings. The number of carbonyl (C=O) groups excluding carboxylic acids is 1. The quantitative estimate of drug-likeness (QED) is 0.885. The zero-order chi connectivity index (χ0) is 15.2. The molecule has 0 heterocycles. The number of hydrogen-bond acceptors (Lipinski definition) is 2. The van der Waals surface area contributed by atoms with Crippen molar-refractivity contribution in [3.63, 3.8) is 0 Å². The van der Waals surface area contributed by atoms with Gasteiger partial charge in [0.05, 0.1) is 6.04 Å². The van der Waals surface area contributed by atoms with Gasteiger partial charge in [-0.25, -0.2) is 0 Å². The molecule has 0 fully saturated rings. The highest BCUT2D eigenvalue weighted by Gasteiger charge is 2.06. The summed E-state index contributed by atoms with van der Waals surface area (Å²) < 4.78 is 0. The van der Waals surface area contributed by atoms with Crippen LogP contribution in [0.2, 0.25) is 0 Å². The summed E-state index contributed by atoms with van der Waals surface area (Å²) in [5, 5.41) is 2.89. The fourth-order valence-electron chi connectivity index (χ4n) is 2.38. The van der Waals surface area contributed by atoms with E-state index in [0.29, 0.717) is 6.54 Å². The van der Waals surface area contributed by atoms with Crippen LogP contribution in [0.4, 0.5) is 0 Å². The topological polar surface area (TPSA) is 55.1 Å². The Balaban J connectivity index is 2.12. The predicted molar refractivity (Wildman–Crippen MR) is 86.9 cm³/mol. The van der Waals surface area contributed by atoms with Crippen molar-refractivity contribution in [2.75, 3.05) is 6.54 Å². The average Bonchev–Trinajstić information content (AvgIpc) is 2.48. The summed E-state index contributed by atoms with van der Waals surface area (Å²) in [6.07, 6.45) is 0.910. The summed E-state index contributed by atoms with van der Waals surface area (Å²) in [5.41, 5.74) is 10.3. The van der Waals surface area contributed by atoms with E-state index in [0.717, 1.165) is 12.0 Å². The molecule has 110 valence electrons. The van der Waals surface area contributed by atoms with E-state index in [9.17, 15) is 4.79 Å². The van der Waals surface area contributed by atoms with Crippen LogP contribution in [0.5, 0.6) is 0 Å². The molecular weight excluding hydrogens is 260 g/mol. The Morgan fingerprint density at radius 2 is 1.57 bits per heavy atom. The third kappa shape index (κ3) is 4.17. The Bertz CT molecular complexity index is 588. The largest absolute Gasteiger partial charge is 0.350 e. The Kier molecular flexibility index (Phi) is 5.12. The third-order valence-electron chi connectivity index (χ3n) is 3.55. The van der Waals surface area contributed by atoms with Crippen LogP contribution >= 0.6 is 0 Å². The maximum atomic E-state index is 11.1. The maximum Gasteiger partial charge on any atom is 0.217 e. The number of carbonyl (C=O) groups is 1. The highest BCUT2D eigenvalue weighted by molar-refractivity contribution is 5.73. The maximum absolute atomic E-state index is 11.1. The van der Waals surface area contributed by atoms with E-state index in [1.54, 1.807) is 0 Å². The molecule has 0 radical (unpaired) electrons. The molecule has 0 aliphatic heterocycles. The normalized spacial score (nSPS) is 12.0. The van der Waals surface area contributed by atoms with Crippen LogP contribution in [0.15, 0.2) is 48.5 Å². The number of amides is 1. The lowest BCUT2D eigenvalue weighted by atomic mass is 10.00. The van der Waals surface area contributed by atoms with Crippen molar-refractivity contribution in [3.05, 3.63) is 59.7 Å². The van der Waals surface area contributed by atoms with Gasteiger partial charge in [-0.3, -0.25) is 4.79 Å². The highest BCUT2D eigenvalue weighted by Crippen LogP contribution is 2.22. The summed E-state index contributed by atoms with van der Waals surface area (Å²) in [6.45, 7) is 4.20. The zero-order valence-corrected chi connectivity index (χ0v) is 12.6. The first-order valence-corrected chi connectivity index (χ1v) is 7.26. The molecule has 1 unspecified atom stereocenters. The minimum absolute atomic E-state index is 0.0120. The van der Waals surface area contributed by atoms with E-state index in [-0.39, 0.29) is 11.9 Å². The molecule has 1 atom stereocenters. The number of hydrogen-bond donors (Lipinski definition) is 2. The number of nitrogens with one attached hydrogen (secondary N) is 1. The molecule has 3 N–H and O–H groups in total. The number of benzene rings is 2. The summed E-state index contributed by atoms with van der Waals surface area (Å²) in [6, 6.07) is 16.8. The van der Waals surface area contributed by atoms with Crippen LogP contribution in [-0.4, -0.2) is 12.5 Å². The summed E-state index contributed by atoms with van der Waals surface area (Å²) >= 11 is 0. The van der Waals surface area contributed by atoms with Crippen molar-refractivity contribution < 1.29 is 4.79 Å². The third-order valence-corrected chi connectivity index (χ3v) is 3.55. The van der Waals surface area contributed by atoms with Gasteiger partial charge < -0.3 is 11.1 Å². The fraction of sp³-hybridized carbons (Fsp3) is 0.278. The Labute approximate surface area is 126 Å². The molecule has 1 amide bonds. The first-order valence-electron chi connectivity index (χ1n) is 7.26. The highest BCUT2D eigenvalue weighted by atomic mass is 16.1. The van der Waals surface area contributed by atoms with Gasteiger partial charge in [0.1, 0.15) is 0 Å². The zero-order valence-electron chi connectivity index (χ0n) is 12.6. The number of rotatable bonds is 5. The molecule has 0 saturated heterocycles. The van der Waals surface area contributed by atoms with Gasteiger partial charge in [-0.2, -0.15) is 0 Å². The first-order chi connectivity index (χ1) is 10.1. The van der Waals surface area contributed by atoms with Crippen molar-refractivity contribution in [3.8, 4) is 11.1 Å². The van der Waals surface area contributed by atoms with E-state index < -0.39 is 0 Å². The molecule has 2 rings (SSSR count). The smallest absolute Gasteiger partial charge is 0.217 e. The van der Waals surface area contributed by atoms with E-state index in [2.05, 4.69) is 53.8 Å². The van der Waals surface area contributed by atoms with Crippen LogP contribution in [0.1, 0.15) is 31.0 Å². The second-order valence-electron chi connectivity index (χ2n) is 5.28. The number of nitrogens with two attached hydrogens (primary N) is 1. The van der Waals surface area contributed by atoms with Gasteiger partial charge in [-0.15, -0.1) is 0 Å². The van der Waals surface area contributed by atoms with Crippen LogP contribution in [0, 0.1) is 0 Å². The van der Waals surface area contributed by atoms with Crippen molar-refractivity contribution in [1.82, 2.24) is 5.32 Å². The SMILES string of the molecule is CC(=O)NC(C)c1ccc(-c2ccc(CCN)cc2)cc1. The Hall–Kier alpha value is -2.13. The average molecular weight is 282 g/mol. The molecule has 0 aliphatic carbocycles. The van der Waals surface area contributed by atoms with Crippen LogP contribution in [0.25, 0.3) is 11.1 Å². The van der Waals surface area contributed by atoms with E-state index in [1.165, 1.54) is 23.6 Å². The second-order valence-corrected chi connectivity index (χ2v) is 5.28. The van der Waals surface area contributed by atoms with Gasteiger partial charge in [-0.1, -0.05) is 48.5 Å². The summed E-state index contributed by atoms with van der Waals surface area (Å²) in [7, 11) is 0. The molecule has 3 nitrogen and oxygen atoms in total. The van der Waals surface area contributed by atoms with Gasteiger partial charge >= 0.3 is 0 Å². The van der Waals surface area contributed by atoms with Gasteiger partial charge in [0.2, 0.25) is 5.91 Å². The standard InChI is InChI=1S/C18H22N2O/c1-13(20-14(2)21)16-7-9-18(10-8-16)17-5-3-15(4-6-17)11-12-19/h3-10,13H,11-12,19H2,1-2H3,(H,20,21). The van der Waals surface area contributed by atoms with Gasteiger partial charge in [-0.05, 0) is 42.1 Å². The van der Waals surface area contributed by atoms with Crippen molar-refractivity contribution >= 4 is 5.91 Å². The molecule has 2 aromatic carbocycles. The molecule has 0 saturated carbocycles. The lowest BCUT2D eigenvalue weighted by Crippen LogP contribution is -2.23. The first kappa shape index (κ1) is 15.3. The molecule has 2 aromatic rings. The monoisotopic (exact) mass is 282 g/mol. The minimum atomic E-state index is -0.0120. The van der Waals surface area contributed by atoms with Crippen LogP contribution < -0.4 is 11.1 Å². The summed E-state index contributed by atoms with van der Waals surface area (Å²) in [5.74, 6) is -0.0120. The molecule has 0 aromatic heterocycles. The van der Waals surface area contributed by atoms with Crippen molar-refractivity contribution in [2.45, 2.75) is 26.3 Å². The Morgan fingerprint density at radius 3 is 2.05 bits per heavy atom. The minimum Gasteiger partial charge on any atom is -0.350 e. The fourth-order valence-corrected chi connectivity index (χ4v) is 2.38.